The van der Waals surface area contributed by atoms with E-state index in [4.69, 9.17) is 4.74 Å². The van der Waals surface area contributed by atoms with E-state index in [1.165, 1.54) is 13.8 Å². The van der Waals surface area contributed by atoms with E-state index in [2.05, 4.69) is 11.8 Å². The summed E-state index contributed by atoms with van der Waals surface area (Å²) in [5.74, 6) is 3.98. The number of carbonyl (C=O) groups is 1. The first kappa shape index (κ1) is 12.0. The summed E-state index contributed by atoms with van der Waals surface area (Å²) in [5, 5.41) is 9.18. The van der Waals surface area contributed by atoms with E-state index in [9.17, 15) is 9.90 Å². The van der Waals surface area contributed by atoms with Crippen molar-refractivity contribution in [3.63, 3.8) is 0 Å². The van der Waals surface area contributed by atoms with Gasteiger partial charge in [0.05, 0.1) is 0 Å². The number of rotatable bonds is 0. The van der Waals surface area contributed by atoms with Gasteiger partial charge in [-0.1, -0.05) is 5.92 Å². The van der Waals surface area contributed by atoms with E-state index in [0.29, 0.717) is 0 Å². The van der Waals surface area contributed by atoms with E-state index in [1.54, 1.807) is 20.8 Å². The van der Waals surface area contributed by atoms with Crippen LogP contribution in [0.5, 0.6) is 0 Å². The molecule has 74 valence electrons. The average Bonchev–Trinajstić information content (AvgIpc) is 1.78. The SMILES string of the molecule is CC(C)(O)C#CC(=O)OC(C)(C)C. The monoisotopic (exact) mass is 184 g/mol. The summed E-state index contributed by atoms with van der Waals surface area (Å²) in [4.78, 5) is 11.0. The molecule has 0 amide bonds. The molecule has 0 aromatic carbocycles. The van der Waals surface area contributed by atoms with E-state index in [0.717, 1.165) is 0 Å². The minimum atomic E-state index is -1.16. The second kappa shape index (κ2) is 3.80. The van der Waals surface area contributed by atoms with Crippen LogP contribution in [0.2, 0.25) is 0 Å². The second-order valence-corrected chi connectivity index (χ2v) is 4.31. The molecule has 1 N–H and O–H groups in total. The Balaban J connectivity index is 4.23. The van der Waals surface area contributed by atoms with Crippen molar-refractivity contribution in [1.82, 2.24) is 0 Å². The maximum Gasteiger partial charge on any atom is 0.384 e. The zero-order chi connectivity index (χ0) is 10.7. The molecule has 0 aromatic heterocycles. The number of aliphatic hydroxyl groups is 1. The molecule has 0 saturated carbocycles. The summed E-state index contributed by atoms with van der Waals surface area (Å²) in [6.07, 6.45) is 0. The van der Waals surface area contributed by atoms with Crippen LogP contribution in [0.15, 0.2) is 0 Å². The molecule has 0 atom stereocenters. The van der Waals surface area contributed by atoms with Crippen molar-refractivity contribution in [2.45, 2.75) is 45.8 Å². The second-order valence-electron chi connectivity index (χ2n) is 4.31. The molecular weight excluding hydrogens is 168 g/mol. The Kier molecular flexibility index (Phi) is 3.50. The largest absolute Gasteiger partial charge is 0.450 e. The lowest BCUT2D eigenvalue weighted by molar-refractivity contribution is -0.147. The van der Waals surface area contributed by atoms with E-state index in [1.807, 2.05) is 0 Å². The standard InChI is InChI=1S/C10H16O3/c1-9(2,3)13-8(11)6-7-10(4,5)12/h12H,1-5H3. The van der Waals surface area contributed by atoms with Crippen LogP contribution in [0, 0.1) is 11.8 Å². The zero-order valence-corrected chi connectivity index (χ0v) is 8.76. The molecule has 0 rings (SSSR count). The predicted octanol–water partition coefficient (Wildman–Crippen LogP) is 1.10. The van der Waals surface area contributed by atoms with Crippen LogP contribution in [0.4, 0.5) is 0 Å². The molecule has 3 nitrogen and oxygen atoms in total. The topological polar surface area (TPSA) is 46.5 Å². The van der Waals surface area contributed by atoms with Crippen LogP contribution in [0.25, 0.3) is 0 Å². The lowest BCUT2D eigenvalue weighted by Crippen LogP contribution is -2.23. The Morgan fingerprint density at radius 3 is 2.00 bits per heavy atom. The van der Waals surface area contributed by atoms with Gasteiger partial charge in [-0.05, 0) is 34.6 Å². The highest BCUT2D eigenvalue weighted by atomic mass is 16.6. The fourth-order valence-corrected chi connectivity index (χ4v) is 0.508. The summed E-state index contributed by atoms with van der Waals surface area (Å²) in [7, 11) is 0. The van der Waals surface area contributed by atoms with Crippen LogP contribution in [0.1, 0.15) is 34.6 Å². The van der Waals surface area contributed by atoms with Gasteiger partial charge in [0.2, 0.25) is 0 Å². The van der Waals surface area contributed by atoms with Crippen molar-refractivity contribution in [2.75, 3.05) is 0 Å². The van der Waals surface area contributed by atoms with E-state index >= 15 is 0 Å². The van der Waals surface area contributed by atoms with Crippen LogP contribution in [0.3, 0.4) is 0 Å². The molecule has 0 heterocycles. The van der Waals surface area contributed by atoms with E-state index < -0.39 is 17.2 Å². The maximum absolute atomic E-state index is 11.0. The van der Waals surface area contributed by atoms with Gasteiger partial charge in [-0.25, -0.2) is 4.79 Å². The van der Waals surface area contributed by atoms with Crippen molar-refractivity contribution in [3.8, 4) is 11.8 Å². The first-order valence-corrected chi connectivity index (χ1v) is 4.09. The molecule has 0 radical (unpaired) electrons. The highest BCUT2D eigenvalue weighted by Crippen LogP contribution is 2.06. The Bertz CT molecular complexity index is 242. The molecule has 0 aliphatic rings. The van der Waals surface area contributed by atoms with Crippen LogP contribution >= 0.6 is 0 Å². The predicted molar refractivity (Wildman–Crippen MR) is 49.9 cm³/mol. The third kappa shape index (κ3) is 8.90. The third-order valence-corrected chi connectivity index (χ3v) is 0.869. The fraction of sp³-hybridized carbons (Fsp3) is 0.700. The number of hydrogen-bond acceptors (Lipinski definition) is 3. The molecule has 0 spiro atoms. The first-order chi connectivity index (χ1) is 5.60. The van der Waals surface area contributed by atoms with Gasteiger partial charge in [0.1, 0.15) is 11.2 Å². The summed E-state index contributed by atoms with van der Waals surface area (Å²) < 4.78 is 4.91. The molecule has 13 heavy (non-hydrogen) atoms. The van der Waals surface area contributed by atoms with Crippen LogP contribution < -0.4 is 0 Å². The van der Waals surface area contributed by atoms with E-state index in [-0.39, 0.29) is 0 Å². The van der Waals surface area contributed by atoms with Gasteiger partial charge >= 0.3 is 5.97 Å². The Morgan fingerprint density at radius 1 is 1.23 bits per heavy atom. The lowest BCUT2D eigenvalue weighted by Gasteiger charge is -2.17. The summed E-state index contributed by atoms with van der Waals surface area (Å²) in [6, 6.07) is 0. The van der Waals surface area contributed by atoms with Gasteiger partial charge in [0.25, 0.3) is 0 Å². The molecule has 0 aliphatic carbocycles. The number of esters is 1. The van der Waals surface area contributed by atoms with Gasteiger partial charge in [0, 0.05) is 5.92 Å². The minimum absolute atomic E-state index is 0.536. The first-order valence-electron chi connectivity index (χ1n) is 4.09. The van der Waals surface area contributed by atoms with Gasteiger partial charge < -0.3 is 9.84 Å². The minimum Gasteiger partial charge on any atom is -0.450 e. The van der Waals surface area contributed by atoms with Gasteiger partial charge in [0.15, 0.2) is 0 Å². The molecular formula is C10H16O3. The smallest absolute Gasteiger partial charge is 0.384 e. The van der Waals surface area contributed by atoms with Crippen LogP contribution in [-0.4, -0.2) is 22.3 Å². The third-order valence-electron chi connectivity index (χ3n) is 0.869. The van der Waals surface area contributed by atoms with Crippen molar-refractivity contribution >= 4 is 5.97 Å². The Hall–Kier alpha value is -1.01. The van der Waals surface area contributed by atoms with Crippen molar-refractivity contribution in [3.05, 3.63) is 0 Å². The number of ether oxygens (including phenoxy) is 1. The van der Waals surface area contributed by atoms with Crippen molar-refractivity contribution < 1.29 is 14.6 Å². The summed E-state index contributed by atoms with van der Waals surface area (Å²) in [5.41, 5.74) is -1.69. The van der Waals surface area contributed by atoms with Crippen molar-refractivity contribution in [2.24, 2.45) is 0 Å². The van der Waals surface area contributed by atoms with Crippen LogP contribution in [-0.2, 0) is 9.53 Å². The number of hydrogen-bond donors (Lipinski definition) is 1. The Labute approximate surface area is 79.1 Å². The molecule has 0 aromatic rings. The van der Waals surface area contributed by atoms with Gasteiger partial charge in [-0.2, -0.15) is 0 Å². The molecule has 0 aliphatic heterocycles. The fourth-order valence-electron chi connectivity index (χ4n) is 0.508. The lowest BCUT2D eigenvalue weighted by atomic mass is 10.1. The molecule has 0 bridgehead atoms. The molecule has 0 saturated heterocycles. The highest BCUT2D eigenvalue weighted by Gasteiger charge is 2.15. The maximum atomic E-state index is 11.0. The number of carbonyl (C=O) groups excluding carboxylic acids is 1. The molecule has 0 unspecified atom stereocenters. The van der Waals surface area contributed by atoms with Gasteiger partial charge in [-0.15, -0.1) is 0 Å². The normalized spacial score (nSPS) is 11.5. The highest BCUT2D eigenvalue weighted by molar-refractivity contribution is 5.88. The average molecular weight is 184 g/mol. The Morgan fingerprint density at radius 2 is 1.69 bits per heavy atom. The quantitative estimate of drug-likeness (QED) is 0.348. The summed E-state index contributed by atoms with van der Waals surface area (Å²) >= 11 is 0. The van der Waals surface area contributed by atoms with Crippen molar-refractivity contribution in [1.29, 1.82) is 0 Å². The zero-order valence-electron chi connectivity index (χ0n) is 8.76. The summed E-state index contributed by atoms with van der Waals surface area (Å²) in [6.45, 7) is 8.29. The van der Waals surface area contributed by atoms with Gasteiger partial charge in [-0.3, -0.25) is 0 Å². The molecule has 0 fully saturated rings. The molecule has 3 heteroatoms.